The first-order valence-corrected chi connectivity index (χ1v) is 7.34. The molecule has 3 aliphatic rings. The molecule has 0 aromatic carbocycles. The van der Waals surface area contributed by atoms with Crippen molar-refractivity contribution in [1.82, 2.24) is 10.2 Å². The molecule has 1 saturated heterocycles. The summed E-state index contributed by atoms with van der Waals surface area (Å²) in [6.45, 7) is 11.3. The third-order valence-electron chi connectivity index (χ3n) is 6.23. The summed E-state index contributed by atoms with van der Waals surface area (Å²) >= 11 is 0. The van der Waals surface area contributed by atoms with E-state index in [1.807, 2.05) is 0 Å². The number of carbonyl (C=O) groups is 1. The molecule has 1 spiro atoms. The second kappa shape index (κ2) is 3.30. The van der Waals surface area contributed by atoms with Crippen molar-refractivity contribution >= 4 is 5.91 Å². The molecule has 18 heavy (non-hydrogen) atoms. The molecule has 3 fully saturated rings. The van der Waals surface area contributed by atoms with Gasteiger partial charge in [-0.3, -0.25) is 10.1 Å². The normalized spacial score (nSPS) is 36.6. The fourth-order valence-electron chi connectivity index (χ4n) is 4.49. The van der Waals surface area contributed by atoms with Gasteiger partial charge in [0.25, 0.3) is 0 Å². The van der Waals surface area contributed by atoms with Crippen LogP contribution in [0, 0.1) is 10.8 Å². The van der Waals surface area contributed by atoms with Crippen molar-refractivity contribution in [3.63, 3.8) is 0 Å². The molecule has 0 aromatic rings. The SMILES string of the molecule is CC1NC2(CCCC2)C(=O)N1C1C(C)(C)C1(C)C. The van der Waals surface area contributed by atoms with Crippen LogP contribution in [0.1, 0.15) is 60.3 Å². The molecule has 0 bridgehead atoms. The van der Waals surface area contributed by atoms with E-state index in [-0.39, 0.29) is 22.5 Å². The Morgan fingerprint density at radius 2 is 1.61 bits per heavy atom. The first-order chi connectivity index (χ1) is 8.24. The average Bonchev–Trinajstić information content (AvgIpc) is 2.68. The maximum atomic E-state index is 12.9. The Bertz CT molecular complexity index is 379. The fraction of sp³-hybridized carbons (Fsp3) is 0.933. The summed E-state index contributed by atoms with van der Waals surface area (Å²) in [6, 6.07) is 0.389. The van der Waals surface area contributed by atoms with Crippen molar-refractivity contribution in [1.29, 1.82) is 0 Å². The standard InChI is InChI=1S/C15H26N2O/c1-10-16-15(8-6-7-9-15)12(18)17(10)11-13(2,3)14(11,4)5/h10-11,16H,6-9H2,1-5H3. The van der Waals surface area contributed by atoms with Gasteiger partial charge in [-0.05, 0) is 30.6 Å². The Morgan fingerprint density at radius 3 is 2.06 bits per heavy atom. The van der Waals surface area contributed by atoms with Gasteiger partial charge in [0.2, 0.25) is 5.91 Å². The summed E-state index contributed by atoms with van der Waals surface area (Å²) in [6.07, 6.45) is 4.63. The minimum absolute atomic E-state index is 0.196. The van der Waals surface area contributed by atoms with Crippen LogP contribution in [0.3, 0.4) is 0 Å². The molecular formula is C15H26N2O. The van der Waals surface area contributed by atoms with Crippen LogP contribution in [0.5, 0.6) is 0 Å². The minimum atomic E-state index is -0.214. The van der Waals surface area contributed by atoms with Crippen LogP contribution in [0.2, 0.25) is 0 Å². The zero-order valence-electron chi connectivity index (χ0n) is 12.3. The molecule has 2 aliphatic carbocycles. The molecule has 3 rings (SSSR count). The van der Waals surface area contributed by atoms with Gasteiger partial charge in [-0.15, -0.1) is 0 Å². The second-order valence-electron chi connectivity index (χ2n) is 7.67. The molecule has 1 atom stereocenters. The third-order valence-corrected chi connectivity index (χ3v) is 6.23. The molecule has 2 saturated carbocycles. The molecule has 0 aromatic heterocycles. The largest absolute Gasteiger partial charge is 0.322 e. The highest BCUT2D eigenvalue weighted by atomic mass is 16.2. The Labute approximate surface area is 110 Å². The molecular weight excluding hydrogens is 224 g/mol. The Kier molecular flexibility index (Phi) is 2.28. The maximum absolute atomic E-state index is 12.9. The van der Waals surface area contributed by atoms with Crippen molar-refractivity contribution in [2.45, 2.75) is 78.0 Å². The lowest BCUT2D eigenvalue weighted by Gasteiger charge is -2.24. The summed E-state index contributed by atoms with van der Waals surface area (Å²) in [4.78, 5) is 15.0. The number of nitrogens with one attached hydrogen (secondary N) is 1. The third kappa shape index (κ3) is 1.26. The van der Waals surface area contributed by atoms with Crippen molar-refractivity contribution in [2.75, 3.05) is 0 Å². The monoisotopic (exact) mass is 250 g/mol. The highest BCUT2D eigenvalue weighted by Gasteiger charge is 2.71. The maximum Gasteiger partial charge on any atom is 0.244 e. The van der Waals surface area contributed by atoms with Crippen molar-refractivity contribution in [2.24, 2.45) is 10.8 Å². The smallest absolute Gasteiger partial charge is 0.244 e. The van der Waals surface area contributed by atoms with Crippen LogP contribution in [-0.2, 0) is 4.79 Å². The van der Waals surface area contributed by atoms with E-state index in [0.29, 0.717) is 11.9 Å². The lowest BCUT2D eigenvalue weighted by atomic mass is 9.98. The van der Waals surface area contributed by atoms with Gasteiger partial charge in [0.1, 0.15) is 0 Å². The summed E-state index contributed by atoms with van der Waals surface area (Å²) in [5.41, 5.74) is 0.264. The van der Waals surface area contributed by atoms with Gasteiger partial charge in [0.15, 0.2) is 0 Å². The number of nitrogens with zero attached hydrogens (tertiary/aromatic N) is 1. The zero-order valence-corrected chi connectivity index (χ0v) is 12.3. The highest BCUT2D eigenvalue weighted by molar-refractivity contribution is 5.90. The molecule has 1 aliphatic heterocycles. The second-order valence-corrected chi connectivity index (χ2v) is 7.67. The first-order valence-electron chi connectivity index (χ1n) is 7.34. The van der Waals surface area contributed by atoms with Crippen molar-refractivity contribution in [3.8, 4) is 0 Å². The zero-order chi connectivity index (χ0) is 13.3. The van der Waals surface area contributed by atoms with E-state index in [2.05, 4.69) is 44.8 Å². The highest BCUT2D eigenvalue weighted by Crippen LogP contribution is 2.66. The van der Waals surface area contributed by atoms with E-state index in [1.165, 1.54) is 12.8 Å². The van der Waals surface area contributed by atoms with Gasteiger partial charge >= 0.3 is 0 Å². The van der Waals surface area contributed by atoms with E-state index in [1.54, 1.807) is 0 Å². The molecule has 102 valence electrons. The van der Waals surface area contributed by atoms with Crippen LogP contribution in [-0.4, -0.2) is 28.6 Å². The topological polar surface area (TPSA) is 32.3 Å². The summed E-state index contributed by atoms with van der Waals surface area (Å²) in [7, 11) is 0. The van der Waals surface area contributed by atoms with Gasteiger partial charge in [-0.25, -0.2) is 0 Å². The predicted octanol–water partition coefficient (Wildman–Crippen LogP) is 2.51. The Balaban J connectivity index is 1.89. The molecule has 1 heterocycles. The Hall–Kier alpha value is -0.570. The van der Waals surface area contributed by atoms with E-state index in [9.17, 15) is 4.79 Å². The minimum Gasteiger partial charge on any atom is -0.322 e. The quantitative estimate of drug-likeness (QED) is 0.775. The van der Waals surface area contributed by atoms with Crippen LogP contribution >= 0.6 is 0 Å². The van der Waals surface area contributed by atoms with E-state index in [4.69, 9.17) is 0 Å². The molecule has 1 unspecified atom stereocenters. The van der Waals surface area contributed by atoms with Gasteiger partial charge < -0.3 is 4.90 Å². The molecule has 1 amide bonds. The molecule has 0 radical (unpaired) electrons. The number of hydrogen-bond donors (Lipinski definition) is 1. The lowest BCUT2D eigenvalue weighted by Crippen LogP contribution is -2.44. The summed E-state index contributed by atoms with van der Waals surface area (Å²) in [5, 5.41) is 3.60. The fourth-order valence-corrected chi connectivity index (χ4v) is 4.49. The number of hydrogen-bond acceptors (Lipinski definition) is 2. The lowest BCUT2D eigenvalue weighted by molar-refractivity contribution is -0.134. The van der Waals surface area contributed by atoms with Crippen LogP contribution < -0.4 is 5.32 Å². The van der Waals surface area contributed by atoms with Crippen molar-refractivity contribution < 1.29 is 4.79 Å². The molecule has 3 nitrogen and oxygen atoms in total. The van der Waals surface area contributed by atoms with Crippen LogP contribution in [0.15, 0.2) is 0 Å². The average molecular weight is 250 g/mol. The van der Waals surface area contributed by atoms with Gasteiger partial charge in [-0.1, -0.05) is 40.5 Å². The van der Waals surface area contributed by atoms with E-state index >= 15 is 0 Å². The van der Waals surface area contributed by atoms with Gasteiger partial charge in [0, 0.05) is 6.04 Å². The van der Waals surface area contributed by atoms with Crippen LogP contribution in [0.25, 0.3) is 0 Å². The van der Waals surface area contributed by atoms with Crippen LogP contribution in [0.4, 0.5) is 0 Å². The Morgan fingerprint density at radius 1 is 1.11 bits per heavy atom. The van der Waals surface area contributed by atoms with E-state index in [0.717, 1.165) is 12.8 Å². The van der Waals surface area contributed by atoms with E-state index < -0.39 is 0 Å². The first kappa shape index (κ1) is 12.5. The predicted molar refractivity (Wildman–Crippen MR) is 72.0 cm³/mol. The molecule has 1 N–H and O–H groups in total. The van der Waals surface area contributed by atoms with Crippen molar-refractivity contribution in [3.05, 3.63) is 0 Å². The summed E-state index contributed by atoms with van der Waals surface area (Å²) in [5.74, 6) is 0.371. The number of carbonyl (C=O) groups excluding carboxylic acids is 1. The van der Waals surface area contributed by atoms with Gasteiger partial charge in [-0.2, -0.15) is 0 Å². The van der Waals surface area contributed by atoms with Gasteiger partial charge in [0.05, 0.1) is 11.7 Å². The summed E-state index contributed by atoms with van der Waals surface area (Å²) < 4.78 is 0. The molecule has 3 heteroatoms. The number of rotatable bonds is 1. The number of amides is 1.